The van der Waals surface area contributed by atoms with Crippen molar-refractivity contribution in [2.75, 3.05) is 10.6 Å². The molecule has 4 rings (SSSR count). The second kappa shape index (κ2) is 7.35. The number of H-pyrrole nitrogens is 1. The maximum absolute atomic E-state index is 12.4. The predicted molar refractivity (Wildman–Crippen MR) is 109 cm³/mol. The van der Waals surface area contributed by atoms with E-state index in [0.717, 1.165) is 11.1 Å². The van der Waals surface area contributed by atoms with Gasteiger partial charge in [0.1, 0.15) is 11.3 Å². The first kappa shape index (κ1) is 18.1. The van der Waals surface area contributed by atoms with Crippen molar-refractivity contribution in [2.24, 2.45) is 0 Å². The van der Waals surface area contributed by atoms with Gasteiger partial charge >= 0.3 is 0 Å². The molecule has 0 saturated heterocycles. The standard InChI is InChI=1S/C21H16N4O4/c26-11-22-15-5-2-6-16-19(15)25-20(24-16)12-3-1-4-14(9-12)23-21(29)13-7-8-17(27)18(28)10-13/h1-11,27-28H,(H,22,26)(H,23,29)(H,24,25). The molecule has 1 aromatic heterocycles. The number of carbonyl (C=O) groups is 2. The van der Waals surface area contributed by atoms with Gasteiger partial charge in [-0.3, -0.25) is 9.59 Å². The van der Waals surface area contributed by atoms with E-state index in [1.54, 1.807) is 30.3 Å². The fraction of sp³-hybridized carbons (Fsp3) is 0. The Morgan fingerprint density at radius 3 is 2.62 bits per heavy atom. The molecule has 0 aliphatic carbocycles. The smallest absolute Gasteiger partial charge is 0.255 e. The molecular weight excluding hydrogens is 372 g/mol. The third-order valence-corrected chi connectivity index (χ3v) is 4.36. The molecule has 0 fully saturated rings. The molecule has 0 bridgehead atoms. The number of hydrogen-bond donors (Lipinski definition) is 5. The molecule has 0 aliphatic rings. The predicted octanol–water partition coefficient (Wildman–Crippen LogP) is 3.46. The van der Waals surface area contributed by atoms with Crippen LogP contribution in [0.5, 0.6) is 11.5 Å². The quantitative estimate of drug-likeness (QED) is 0.264. The lowest BCUT2D eigenvalue weighted by molar-refractivity contribution is -0.105. The van der Waals surface area contributed by atoms with Crippen LogP contribution in [-0.4, -0.2) is 32.5 Å². The number of nitrogens with zero attached hydrogens (tertiary/aromatic N) is 1. The number of para-hydroxylation sites is 1. The number of aromatic nitrogens is 2. The average molecular weight is 388 g/mol. The number of anilines is 2. The van der Waals surface area contributed by atoms with E-state index in [1.807, 2.05) is 12.1 Å². The Kier molecular flexibility index (Phi) is 4.58. The van der Waals surface area contributed by atoms with Crippen LogP contribution < -0.4 is 10.6 Å². The summed E-state index contributed by atoms with van der Waals surface area (Å²) in [7, 11) is 0. The lowest BCUT2D eigenvalue weighted by Crippen LogP contribution is -2.11. The maximum Gasteiger partial charge on any atom is 0.255 e. The Morgan fingerprint density at radius 1 is 1.00 bits per heavy atom. The molecule has 29 heavy (non-hydrogen) atoms. The van der Waals surface area contributed by atoms with Crippen molar-refractivity contribution in [3.63, 3.8) is 0 Å². The van der Waals surface area contributed by atoms with Crippen molar-refractivity contribution in [3.8, 4) is 22.9 Å². The molecule has 0 unspecified atom stereocenters. The molecule has 0 radical (unpaired) electrons. The zero-order valence-electron chi connectivity index (χ0n) is 15.0. The number of hydrogen-bond acceptors (Lipinski definition) is 5. The molecule has 8 nitrogen and oxygen atoms in total. The largest absolute Gasteiger partial charge is 0.504 e. The van der Waals surface area contributed by atoms with E-state index >= 15 is 0 Å². The number of rotatable bonds is 5. The van der Waals surface area contributed by atoms with Gasteiger partial charge in [0.15, 0.2) is 11.5 Å². The lowest BCUT2D eigenvalue weighted by atomic mass is 10.1. The normalized spacial score (nSPS) is 10.6. The van der Waals surface area contributed by atoms with Gasteiger partial charge in [0.05, 0.1) is 11.2 Å². The topological polar surface area (TPSA) is 127 Å². The molecule has 1 heterocycles. The second-order valence-corrected chi connectivity index (χ2v) is 6.29. The van der Waals surface area contributed by atoms with Gasteiger partial charge in [0, 0.05) is 16.8 Å². The van der Waals surface area contributed by atoms with Gasteiger partial charge in [0.2, 0.25) is 6.41 Å². The van der Waals surface area contributed by atoms with Crippen LogP contribution in [0.2, 0.25) is 0 Å². The first-order valence-corrected chi connectivity index (χ1v) is 8.68. The van der Waals surface area contributed by atoms with Crippen molar-refractivity contribution in [1.29, 1.82) is 0 Å². The van der Waals surface area contributed by atoms with Crippen molar-refractivity contribution < 1.29 is 19.8 Å². The Morgan fingerprint density at radius 2 is 1.83 bits per heavy atom. The van der Waals surface area contributed by atoms with Crippen LogP contribution in [0.25, 0.3) is 22.4 Å². The highest BCUT2D eigenvalue weighted by atomic mass is 16.3. The fourth-order valence-electron chi connectivity index (χ4n) is 2.96. The summed E-state index contributed by atoms with van der Waals surface area (Å²) >= 11 is 0. The summed E-state index contributed by atoms with van der Waals surface area (Å²) in [6.45, 7) is 0. The zero-order valence-corrected chi connectivity index (χ0v) is 15.0. The Bertz CT molecular complexity index is 1230. The van der Waals surface area contributed by atoms with E-state index in [2.05, 4.69) is 20.6 Å². The van der Waals surface area contributed by atoms with Crippen LogP contribution in [0.4, 0.5) is 11.4 Å². The van der Waals surface area contributed by atoms with Gasteiger partial charge in [-0.25, -0.2) is 4.98 Å². The van der Waals surface area contributed by atoms with Crippen molar-refractivity contribution in [2.45, 2.75) is 0 Å². The molecule has 0 spiro atoms. The molecule has 144 valence electrons. The minimum absolute atomic E-state index is 0.207. The highest BCUT2D eigenvalue weighted by Crippen LogP contribution is 2.28. The highest BCUT2D eigenvalue weighted by molar-refractivity contribution is 6.05. The van der Waals surface area contributed by atoms with Gasteiger partial charge in [-0.2, -0.15) is 0 Å². The first-order valence-electron chi connectivity index (χ1n) is 8.68. The molecule has 4 aromatic rings. The van der Waals surface area contributed by atoms with E-state index in [-0.39, 0.29) is 17.1 Å². The van der Waals surface area contributed by atoms with Crippen molar-refractivity contribution in [1.82, 2.24) is 9.97 Å². The molecule has 2 amide bonds. The van der Waals surface area contributed by atoms with Gasteiger partial charge in [-0.05, 0) is 42.5 Å². The number of imidazole rings is 1. The Labute approximate surface area is 164 Å². The molecule has 5 N–H and O–H groups in total. The lowest BCUT2D eigenvalue weighted by Gasteiger charge is -2.07. The SMILES string of the molecule is O=CNc1cccc2[nH]c(-c3cccc(NC(=O)c4ccc(O)c(O)c4)c3)nc12. The molecule has 3 aromatic carbocycles. The minimum atomic E-state index is -0.431. The summed E-state index contributed by atoms with van der Waals surface area (Å²) in [6, 6.07) is 16.4. The average Bonchev–Trinajstić information content (AvgIpc) is 3.16. The second-order valence-electron chi connectivity index (χ2n) is 6.29. The minimum Gasteiger partial charge on any atom is -0.504 e. The van der Waals surface area contributed by atoms with Gasteiger partial charge in [-0.1, -0.05) is 18.2 Å². The third kappa shape index (κ3) is 3.59. The zero-order chi connectivity index (χ0) is 20.4. The molecule has 0 atom stereocenters. The van der Waals surface area contributed by atoms with E-state index in [9.17, 15) is 19.8 Å². The molecule has 0 saturated carbocycles. The number of aromatic amines is 1. The summed E-state index contributed by atoms with van der Waals surface area (Å²) in [6.07, 6.45) is 0.598. The number of fused-ring (bicyclic) bond motifs is 1. The summed E-state index contributed by atoms with van der Waals surface area (Å²) in [4.78, 5) is 30.9. The third-order valence-electron chi connectivity index (χ3n) is 4.36. The van der Waals surface area contributed by atoms with E-state index in [0.29, 0.717) is 29.1 Å². The number of aromatic hydroxyl groups is 2. The Balaban J connectivity index is 1.62. The van der Waals surface area contributed by atoms with Crippen LogP contribution in [-0.2, 0) is 4.79 Å². The fourth-order valence-corrected chi connectivity index (χ4v) is 2.96. The van der Waals surface area contributed by atoms with Crippen LogP contribution in [0.15, 0.2) is 60.7 Å². The van der Waals surface area contributed by atoms with Crippen molar-refractivity contribution >= 4 is 34.7 Å². The maximum atomic E-state index is 12.4. The van der Waals surface area contributed by atoms with E-state index in [4.69, 9.17) is 0 Å². The van der Waals surface area contributed by atoms with Crippen LogP contribution >= 0.6 is 0 Å². The van der Waals surface area contributed by atoms with Gasteiger partial charge in [-0.15, -0.1) is 0 Å². The molecule has 8 heteroatoms. The monoisotopic (exact) mass is 388 g/mol. The summed E-state index contributed by atoms with van der Waals surface area (Å²) in [5, 5.41) is 24.3. The van der Waals surface area contributed by atoms with Crippen molar-refractivity contribution in [3.05, 3.63) is 66.2 Å². The highest BCUT2D eigenvalue weighted by Gasteiger charge is 2.12. The summed E-state index contributed by atoms with van der Waals surface area (Å²) < 4.78 is 0. The van der Waals surface area contributed by atoms with E-state index < -0.39 is 5.91 Å². The van der Waals surface area contributed by atoms with Crippen LogP contribution in [0, 0.1) is 0 Å². The number of phenols is 2. The summed E-state index contributed by atoms with van der Waals surface area (Å²) in [5.41, 5.74) is 3.47. The molecular formula is C21H16N4O4. The number of carbonyl (C=O) groups excluding carboxylic acids is 2. The first-order chi connectivity index (χ1) is 14.0. The van der Waals surface area contributed by atoms with Gasteiger partial charge < -0.3 is 25.8 Å². The van der Waals surface area contributed by atoms with Crippen LogP contribution in [0.1, 0.15) is 10.4 Å². The van der Waals surface area contributed by atoms with Crippen LogP contribution in [0.3, 0.4) is 0 Å². The number of phenolic OH excluding ortho intramolecular Hbond substituents is 2. The van der Waals surface area contributed by atoms with E-state index in [1.165, 1.54) is 18.2 Å². The summed E-state index contributed by atoms with van der Waals surface area (Å²) in [5.74, 6) is -0.511. The number of amides is 2. The number of nitrogens with one attached hydrogen (secondary N) is 3. The molecule has 0 aliphatic heterocycles. The van der Waals surface area contributed by atoms with Gasteiger partial charge in [0.25, 0.3) is 5.91 Å². The Hall–Kier alpha value is -4.33. The number of benzene rings is 3.